The van der Waals surface area contributed by atoms with E-state index < -0.39 is 24.0 Å². The number of hydrogen-bond donors (Lipinski definition) is 3. The lowest BCUT2D eigenvalue weighted by Gasteiger charge is -2.32. The molecule has 4 N–H and O–H groups in total. The number of aromatic nitrogens is 2. The molecule has 0 saturated carbocycles. The zero-order valence-corrected chi connectivity index (χ0v) is 25.9. The van der Waals surface area contributed by atoms with Gasteiger partial charge in [-0.25, -0.2) is 9.78 Å². The van der Waals surface area contributed by atoms with Crippen LogP contribution < -0.4 is 15.8 Å². The molecule has 230 valence electrons. The first-order valence-corrected chi connectivity index (χ1v) is 14.3. The van der Waals surface area contributed by atoms with Crippen LogP contribution in [0.15, 0.2) is 66.9 Å². The van der Waals surface area contributed by atoms with Gasteiger partial charge >= 0.3 is 5.97 Å². The van der Waals surface area contributed by atoms with Crippen LogP contribution in [-0.4, -0.2) is 60.0 Å². The Hall–Kier alpha value is -4.96. The molecule has 0 aliphatic heterocycles. The lowest BCUT2D eigenvalue weighted by Crippen LogP contribution is -2.47. The van der Waals surface area contributed by atoms with Gasteiger partial charge in [0.2, 0.25) is 11.8 Å². The highest BCUT2D eigenvalue weighted by molar-refractivity contribution is 5.93. The van der Waals surface area contributed by atoms with Gasteiger partial charge in [-0.05, 0) is 86.3 Å². The maximum absolute atomic E-state index is 14.4. The Morgan fingerprint density at radius 1 is 1.02 bits per heavy atom. The molecule has 4 aromatic rings. The Labute approximate surface area is 257 Å². The van der Waals surface area contributed by atoms with Gasteiger partial charge in [0, 0.05) is 12.1 Å². The fourth-order valence-corrected chi connectivity index (χ4v) is 5.36. The average molecular weight is 598 g/mol. The molecule has 10 heteroatoms. The third-order valence-electron chi connectivity index (χ3n) is 7.88. The maximum atomic E-state index is 14.4. The fraction of sp³-hybridized carbons (Fsp3) is 0.294. The summed E-state index contributed by atoms with van der Waals surface area (Å²) in [6, 6.07) is 17.5. The lowest BCUT2D eigenvalue weighted by molar-refractivity contribution is -0.136. The molecule has 0 radical (unpaired) electrons. The van der Waals surface area contributed by atoms with Crippen LogP contribution in [0, 0.1) is 13.8 Å². The number of carbonyl (C=O) groups excluding carboxylic acids is 3. The second kappa shape index (κ2) is 14.0. The van der Waals surface area contributed by atoms with Gasteiger partial charge in [0.25, 0.3) is 0 Å². The smallest absolute Gasteiger partial charge is 0.341 e. The number of rotatable bonds is 12. The third-order valence-corrected chi connectivity index (χ3v) is 7.88. The predicted octanol–water partition coefficient (Wildman–Crippen LogP) is 4.51. The molecule has 2 unspecified atom stereocenters. The zero-order chi connectivity index (χ0) is 32.0. The summed E-state index contributed by atoms with van der Waals surface area (Å²) >= 11 is 0. The van der Waals surface area contributed by atoms with Crippen LogP contribution in [0.2, 0.25) is 0 Å². The molecule has 2 amide bonds. The van der Waals surface area contributed by atoms with E-state index in [1.54, 1.807) is 42.4 Å². The number of nitrogens with two attached hydrogens (primary N) is 1. The van der Waals surface area contributed by atoms with Crippen LogP contribution in [0.1, 0.15) is 61.8 Å². The van der Waals surface area contributed by atoms with Gasteiger partial charge in [-0.2, -0.15) is 0 Å². The van der Waals surface area contributed by atoms with Crippen LogP contribution in [-0.2, 0) is 22.5 Å². The molecule has 44 heavy (non-hydrogen) atoms. The molecule has 0 aliphatic rings. The normalized spacial score (nSPS) is 12.3. The summed E-state index contributed by atoms with van der Waals surface area (Å²) in [6.45, 7) is 5.92. The van der Waals surface area contributed by atoms with E-state index in [0.717, 1.165) is 27.9 Å². The minimum absolute atomic E-state index is 0.161. The van der Waals surface area contributed by atoms with Crippen LogP contribution >= 0.6 is 0 Å². The minimum Gasteiger partial charge on any atom is -0.496 e. The molecule has 1 heterocycles. The number of aryl methyl sites for hydroxylation is 2. The highest BCUT2D eigenvalue weighted by atomic mass is 16.5. The largest absolute Gasteiger partial charge is 0.496 e. The number of hydrogen-bond acceptors (Lipinski definition) is 7. The van der Waals surface area contributed by atoms with Crippen molar-refractivity contribution in [1.29, 1.82) is 0 Å². The summed E-state index contributed by atoms with van der Waals surface area (Å²) in [5.74, 6) is -0.198. The molecule has 4 rings (SSSR count). The fourth-order valence-electron chi connectivity index (χ4n) is 5.36. The van der Waals surface area contributed by atoms with Gasteiger partial charge in [0.1, 0.15) is 17.1 Å². The number of methoxy groups -OCH3 is 2. The summed E-state index contributed by atoms with van der Waals surface area (Å²) in [5, 5.41) is 3.20. The highest BCUT2D eigenvalue weighted by Gasteiger charge is 2.31. The first-order valence-electron chi connectivity index (χ1n) is 14.3. The Balaban J connectivity index is 1.72. The van der Waals surface area contributed by atoms with Gasteiger partial charge < -0.3 is 30.4 Å². The first kappa shape index (κ1) is 32.0. The standard InChI is InChI=1S/C34H39N5O5/c1-20-14-25(31(35)40)15-21(2)26(20)17-28(36-4)33(41)39(19-23-12-13-30(43-5)27(16-23)34(42)44-6)22(3)32-37-18-29(38-32)24-10-8-7-9-11-24/h7-16,18,22,28,36H,17,19H2,1-6H3,(H2,35,40)(H,37,38). The van der Waals surface area contributed by atoms with E-state index in [1.165, 1.54) is 14.2 Å². The molecule has 1 aromatic heterocycles. The number of amides is 2. The average Bonchev–Trinajstić information content (AvgIpc) is 3.53. The van der Waals surface area contributed by atoms with Gasteiger partial charge in [0.05, 0.1) is 38.2 Å². The number of imidazole rings is 1. The molecular formula is C34H39N5O5. The zero-order valence-electron chi connectivity index (χ0n) is 25.9. The van der Waals surface area contributed by atoms with Crippen molar-refractivity contribution in [3.63, 3.8) is 0 Å². The lowest BCUT2D eigenvalue weighted by atomic mass is 9.93. The molecular weight excluding hydrogens is 558 g/mol. The van der Waals surface area contributed by atoms with E-state index in [2.05, 4.69) is 15.3 Å². The van der Waals surface area contributed by atoms with Gasteiger partial charge in [-0.15, -0.1) is 0 Å². The first-order chi connectivity index (χ1) is 21.1. The van der Waals surface area contributed by atoms with Crippen LogP contribution in [0.3, 0.4) is 0 Å². The molecule has 0 aliphatic carbocycles. The van der Waals surface area contributed by atoms with Crippen molar-refractivity contribution in [2.24, 2.45) is 5.73 Å². The quantitative estimate of drug-likeness (QED) is 0.204. The molecule has 0 saturated heterocycles. The number of carbonyl (C=O) groups is 3. The van der Waals surface area contributed by atoms with Crippen molar-refractivity contribution < 1.29 is 23.9 Å². The Morgan fingerprint density at radius 3 is 2.30 bits per heavy atom. The van der Waals surface area contributed by atoms with E-state index in [4.69, 9.17) is 15.2 Å². The molecule has 3 aromatic carbocycles. The van der Waals surface area contributed by atoms with E-state index in [1.807, 2.05) is 57.2 Å². The van der Waals surface area contributed by atoms with Gasteiger partial charge in [0.15, 0.2) is 0 Å². The summed E-state index contributed by atoms with van der Waals surface area (Å²) in [4.78, 5) is 48.5. The second-order valence-corrected chi connectivity index (χ2v) is 10.7. The van der Waals surface area contributed by atoms with Crippen molar-refractivity contribution in [2.45, 2.75) is 45.8 Å². The number of ether oxygens (including phenoxy) is 2. The number of aromatic amines is 1. The predicted molar refractivity (Wildman–Crippen MR) is 168 cm³/mol. The number of nitrogens with zero attached hydrogens (tertiary/aromatic N) is 2. The Morgan fingerprint density at radius 2 is 1.70 bits per heavy atom. The number of likely N-dealkylation sites (N-methyl/N-ethyl adjacent to an activating group) is 1. The van der Waals surface area contributed by atoms with Gasteiger partial charge in [-0.1, -0.05) is 36.4 Å². The van der Waals surface area contributed by atoms with Crippen molar-refractivity contribution >= 4 is 17.8 Å². The maximum Gasteiger partial charge on any atom is 0.341 e. The van der Waals surface area contributed by atoms with E-state index in [-0.39, 0.29) is 18.0 Å². The molecule has 0 bridgehead atoms. The summed E-state index contributed by atoms with van der Waals surface area (Å²) < 4.78 is 10.3. The van der Waals surface area contributed by atoms with Crippen molar-refractivity contribution in [3.8, 4) is 17.0 Å². The van der Waals surface area contributed by atoms with Crippen LogP contribution in [0.25, 0.3) is 11.3 Å². The molecule has 0 spiro atoms. The Kier molecular flexibility index (Phi) is 10.2. The van der Waals surface area contributed by atoms with Crippen molar-refractivity contribution in [1.82, 2.24) is 20.2 Å². The summed E-state index contributed by atoms with van der Waals surface area (Å²) in [7, 11) is 4.54. The monoisotopic (exact) mass is 597 g/mol. The number of nitrogens with one attached hydrogen (secondary N) is 2. The second-order valence-electron chi connectivity index (χ2n) is 10.7. The van der Waals surface area contributed by atoms with E-state index in [9.17, 15) is 14.4 Å². The molecule has 10 nitrogen and oxygen atoms in total. The van der Waals surface area contributed by atoms with Crippen LogP contribution in [0.4, 0.5) is 0 Å². The van der Waals surface area contributed by atoms with Gasteiger partial charge in [-0.3, -0.25) is 9.59 Å². The minimum atomic E-state index is -0.601. The number of H-pyrrole nitrogens is 1. The third kappa shape index (κ3) is 6.98. The van der Waals surface area contributed by atoms with Crippen molar-refractivity contribution in [3.05, 3.63) is 106 Å². The highest BCUT2D eigenvalue weighted by Crippen LogP contribution is 2.28. The Bertz CT molecular complexity index is 1630. The molecule has 0 fully saturated rings. The number of esters is 1. The van der Waals surface area contributed by atoms with Crippen molar-refractivity contribution in [2.75, 3.05) is 21.3 Å². The number of primary amides is 1. The topological polar surface area (TPSA) is 140 Å². The number of benzene rings is 3. The van der Waals surface area contributed by atoms with Crippen LogP contribution in [0.5, 0.6) is 5.75 Å². The summed E-state index contributed by atoms with van der Waals surface area (Å²) in [5.41, 5.74) is 11.5. The van der Waals surface area contributed by atoms with E-state index in [0.29, 0.717) is 29.1 Å². The molecule has 2 atom stereocenters. The van der Waals surface area contributed by atoms with E-state index >= 15 is 0 Å². The SMILES string of the molecule is CNC(Cc1c(C)cc(C(N)=O)cc1C)C(=O)N(Cc1ccc(OC)c(C(=O)OC)c1)C(C)c1ncc(-c2ccccc2)[nH]1. The summed E-state index contributed by atoms with van der Waals surface area (Å²) in [6.07, 6.45) is 2.15.